The number of rotatable bonds is 6. The molecule has 1 heterocycles. The Morgan fingerprint density at radius 3 is 2.53 bits per heavy atom. The zero-order chi connectivity index (χ0) is 21.7. The summed E-state index contributed by atoms with van der Waals surface area (Å²) in [6.07, 6.45) is -2.14. The number of hydrazone groups is 1. The lowest BCUT2D eigenvalue weighted by molar-refractivity contribution is -0.137. The average Bonchev–Trinajstić information content (AvgIpc) is 2.68. The lowest BCUT2D eigenvalue weighted by atomic mass is 10.2. The van der Waals surface area contributed by atoms with E-state index < -0.39 is 11.7 Å². The molecular formula is C20H13Cl2F3IN3O. The Balaban J connectivity index is 1.59. The van der Waals surface area contributed by atoms with Crippen LogP contribution in [0.2, 0.25) is 10.0 Å². The Bertz CT molecular complexity index is 1060. The van der Waals surface area contributed by atoms with Crippen LogP contribution in [-0.2, 0) is 12.8 Å². The molecule has 1 aromatic heterocycles. The second kappa shape index (κ2) is 9.84. The maximum absolute atomic E-state index is 12.5. The molecule has 10 heteroatoms. The van der Waals surface area contributed by atoms with Gasteiger partial charge in [-0.15, -0.1) is 0 Å². The summed E-state index contributed by atoms with van der Waals surface area (Å²) in [6, 6.07) is 12.8. The van der Waals surface area contributed by atoms with E-state index in [4.69, 9.17) is 27.9 Å². The molecule has 0 unspecified atom stereocenters. The van der Waals surface area contributed by atoms with Crippen LogP contribution < -0.4 is 10.2 Å². The zero-order valence-corrected chi connectivity index (χ0v) is 18.7. The third kappa shape index (κ3) is 6.23. The predicted molar refractivity (Wildman–Crippen MR) is 120 cm³/mol. The highest BCUT2D eigenvalue weighted by atomic mass is 127. The first-order chi connectivity index (χ1) is 14.2. The van der Waals surface area contributed by atoms with E-state index in [1.54, 1.807) is 30.3 Å². The number of benzene rings is 2. The predicted octanol–water partition coefficient (Wildman–Crippen LogP) is 7.04. The molecule has 0 aliphatic carbocycles. The molecule has 0 radical (unpaired) electrons. The molecule has 0 saturated heterocycles. The molecular weight excluding hydrogens is 553 g/mol. The number of nitrogens with one attached hydrogen (secondary N) is 1. The summed E-state index contributed by atoms with van der Waals surface area (Å²) in [6.45, 7) is 0.292. The Labute approximate surface area is 194 Å². The maximum atomic E-state index is 12.5. The van der Waals surface area contributed by atoms with Crippen molar-refractivity contribution in [3.8, 4) is 5.75 Å². The quantitative estimate of drug-likeness (QED) is 0.198. The monoisotopic (exact) mass is 565 g/mol. The van der Waals surface area contributed by atoms with Crippen LogP contribution in [0.25, 0.3) is 0 Å². The van der Waals surface area contributed by atoms with E-state index in [1.165, 1.54) is 12.3 Å². The first kappa shape index (κ1) is 22.6. The average molecular weight is 566 g/mol. The normalized spacial score (nSPS) is 11.7. The largest absolute Gasteiger partial charge is 0.488 e. The van der Waals surface area contributed by atoms with Crippen molar-refractivity contribution < 1.29 is 17.9 Å². The van der Waals surface area contributed by atoms with Gasteiger partial charge in [-0.3, -0.25) is 5.43 Å². The minimum atomic E-state index is -4.42. The number of hydrogen-bond donors (Lipinski definition) is 1. The molecule has 0 saturated carbocycles. The first-order valence-electron chi connectivity index (χ1n) is 8.41. The van der Waals surface area contributed by atoms with Gasteiger partial charge in [0.05, 0.1) is 15.3 Å². The number of anilines is 1. The van der Waals surface area contributed by atoms with E-state index in [9.17, 15) is 13.2 Å². The van der Waals surface area contributed by atoms with E-state index in [0.717, 1.165) is 27.0 Å². The minimum Gasteiger partial charge on any atom is -0.488 e. The Hall–Kier alpha value is -2.04. The molecule has 4 nitrogen and oxygen atoms in total. The lowest BCUT2D eigenvalue weighted by Crippen LogP contribution is -2.05. The summed E-state index contributed by atoms with van der Waals surface area (Å²) in [4.78, 5) is 3.69. The number of alkyl halides is 3. The van der Waals surface area contributed by atoms with Crippen molar-refractivity contribution in [3.63, 3.8) is 0 Å². The van der Waals surface area contributed by atoms with Gasteiger partial charge in [0.1, 0.15) is 18.2 Å². The van der Waals surface area contributed by atoms with Crippen molar-refractivity contribution in [2.75, 3.05) is 5.43 Å². The number of ether oxygens (including phenoxy) is 1. The van der Waals surface area contributed by atoms with Gasteiger partial charge in [0, 0.05) is 21.8 Å². The molecule has 0 fully saturated rings. The van der Waals surface area contributed by atoms with Gasteiger partial charge in [0.15, 0.2) is 0 Å². The molecule has 0 amide bonds. The van der Waals surface area contributed by atoms with Gasteiger partial charge in [-0.05, 0) is 70.6 Å². The second-order valence-electron chi connectivity index (χ2n) is 6.01. The molecule has 1 N–H and O–H groups in total. The van der Waals surface area contributed by atoms with Crippen molar-refractivity contribution in [2.45, 2.75) is 12.8 Å². The molecule has 3 rings (SSSR count). The van der Waals surface area contributed by atoms with Gasteiger partial charge in [0.2, 0.25) is 0 Å². The third-order valence-electron chi connectivity index (χ3n) is 3.84. The SMILES string of the molecule is FC(F)(F)c1ccc(N/N=C\c2ccc(OCc3ccc(Cl)cc3Cl)c(I)c2)nc1. The van der Waals surface area contributed by atoms with Crippen LogP contribution in [0, 0.1) is 3.57 Å². The summed E-state index contributed by atoms with van der Waals surface area (Å²) in [5, 5.41) is 5.08. The number of nitrogens with zero attached hydrogens (tertiary/aromatic N) is 2. The zero-order valence-electron chi connectivity index (χ0n) is 15.1. The van der Waals surface area contributed by atoms with Gasteiger partial charge in [-0.2, -0.15) is 18.3 Å². The molecule has 0 aliphatic heterocycles. The second-order valence-corrected chi connectivity index (χ2v) is 8.02. The summed E-state index contributed by atoms with van der Waals surface area (Å²) < 4.78 is 44.3. The van der Waals surface area contributed by atoms with Gasteiger partial charge in [-0.1, -0.05) is 29.3 Å². The van der Waals surface area contributed by atoms with Crippen LogP contribution in [0.15, 0.2) is 59.8 Å². The van der Waals surface area contributed by atoms with Gasteiger partial charge >= 0.3 is 6.18 Å². The number of pyridine rings is 1. The van der Waals surface area contributed by atoms with Crippen LogP contribution in [0.5, 0.6) is 5.75 Å². The van der Waals surface area contributed by atoms with Crippen LogP contribution in [0.1, 0.15) is 16.7 Å². The molecule has 2 aromatic carbocycles. The van der Waals surface area contributed by atoms with Crippen LogP contribution in [0.3, 0.4) is 0 Å². The molecule has 30 heavy (non-hydrogen) atoms. The molecule has 0 spiro atoms. The van der Waals surface area contributed by atoms with Crippen molar-refractivity contribution in [1.82, 2.24) is 4.98 Å². The van der Waals surface area contributed by atoms with E-state index in [2.05, 4.69) is 38.1 Å². The topological polar surface area (TPSA) is 46.5 Å². The van der Waals surface area contributed by atoms with Crippen LogP contribution >= 0.6 is 45.8 Å². The smallest absolute Gasteiger partial charge is 0.417 e. The molecule has 0 atom stereocenters. The number of aromatic nitrogens is 1. The lowest BCUT2D eigenvalue weighted by Gasteiger charge is -2.10. The van der Waals surface area contributed by atoms with Crippen molar-refractivity contribution in [2.24, 2.45) is 5.10 Å². The Morgan fingerprint density at radius 2 is 1.90 bits per heavy atom. The fourth-order valence-corrected chi connectivity index (χ4v) is 3.47. The highest BCUT2D eigenvalue weighted by molar-refractivity contribution is 14.1. The van der Waals surface area contributed by atoms with Gasteiger partial charge in [-0.25, -0.2) is 4.98 Å². The van der Waals surface area contributed by atoms with E-state index in [1.807, 2.05) is 6.07 Å². The van der Waals surface area contributed by atoms with E-state index >= 15 is 0 Å². The first-order valence-corrected chi connectivity index (χ1v) is 10.2. The Kier molecular flexibility index (Phi) is 7.43. The fourth-order valence-electron chi connectivity index (χ4n) is 2.31. The summed E-state index contributed by atoms with van der Waals surface area (Å²) in [5.41, 5.74) is 3.37. The van der Waals surface area contributed by atoms with Crippen LogP contribution in [-0.4, -0.2) is 11.2 Å². The summed E-state index contributed by atoms with van der Waals surface area (Å²) in [7, 11) is 0. The summed E-state index contributed by atoms with van der Waals surface area (Å²) in [5.74, 6) is 0.880. The standard InChI is InChI=1S/C20H13Cl2F3IN3O/c21-15-4-2-13(16(22)8-15)11-30-18-5-1-12(7-17(18)26)9-28-29-19-6-3-14(10-27-19)20(23,24)25/h1-10H,11H2,(H,27,29)/b28-9-. The highest BCUT2D eigenvalue weighted by Gasteiger charge is 2.30. The van der Waals surface area contributed by atoms with Gasteiger partial charge < -0.3 is 4.74 Å². The van der Waals surface area contributed by atoms with Crippen molar-refractivity contribution >= 4 is 57.8 Å². The Morgan fingerprint density at radius 1 is 1.10 bits per heavy atom. The minimum absolute atomic E-state index is 0.203. The van der Waals surface area contributed by atoms with Gasteiger partial charge in [0.25, 0.3) is 0 Å². The fraction of sp³-hybridized carbons (Fsp3) is 0.100. The van der Waals surface area contributed by atoms with Crippen molar-refractivity contribution in [1.29, 1.82) is 0 Å². The van der Waals surface area contributed by atoms with E-state index in [-0.39, 0.29) is 5.82 Å². The molecule has 0 aliphatic rings. The summed E-state index contributed by atoms with van der Waals surface area (Å²) >= 11 is 14.2. The van der Waals surface area contributed by atoms with E-state index in [0.29, 0.717) is 22.4 Å². The number of halogens is 6. The maximum Gasteiger partial charge on any atom is 0.417 e. The molecule has 156 valence electrons. The van der Waals surface area contributed by atoms with Crippen LogP contribution in [0.4, 0.5) is 19.0 Å². The molecule has 3 aromatic rings. The number of hydrogen-bond acceptors (Lipinski definition) is 4. The van der Waals surface area contributed by atoms with Crippen molar-refractivity contribution in [3.05, 3.63) is 85.0 Å². The molecule has 0 bridgehead atoms. The third-order valence-corrected chi connectivity index (χ3v) is 5.27. The highest BCUT2D eigenvalue weighted by Crippen LogP contribution is 2.29.